The molecule has 154 valence electrons. The van der Waals surface area contributed by atoms with Crippen molar-refractivity contribution in [2.24, 2.45) is 0 Å². The highest BCUT2D eigenvalue weighted by Crippen LogP contribution is 2.32. The van der Waals surface area contributed by atoms with Crippen LogP contribution in [0.5, 0.6) is 11.5 Å². The average molecular weight is 405 g/mol. The first-order valence-electron chi connectivity index (χ1n) is 9.89. The van der Waals surface area contributed by atoms with E-state index in [1.54, 1.807) is 6.07 Å². The van der Waals surface area contributed by atoms with Crippen LogP contribution in [0.4, 0.5) is 0 Å². The van der Waals surface area contributed by atoms with E-state index in [1.165, 1.54) is 16.3 Å². The summed E-state index contributed by atoms with van der Waals surface area (Å²) >= 11 is 0. The molecule has 0 atom stereocenters. The van der Waals surface area contributed by atoms with Crippen LogP contribution in [-0.4, -0.2) is 22.5 Å². The van der Waals surface area contributed by atoms with Crippen LogP contribution in [-0.2, 0) is 17.9 Å². The van der Waals surface area contributed by atoms with Crippen LogP contribution in [0.3, 0.4) is 0 Å². The van der Waals surface area contributed by atoms with Crippen LogP contribution in [0, 0.1) is 6.92 Å². The monoisotopic (exact) mass is 405 g/mol. The molecular weight excluding hydrogens is 382 g/mol. The number of aromatic nitrogens is 2. The third-order valence-corrected chi connectivity index (χ3v) is 4.91. The predicted octanol–water partition coefficient (Wildman–Crippen LogP) is 3.04. The Bertz CT molecular complexity index is 1110. The second-order valence-electron chi connectivity index (χ2n) is 7.21. The lowest BCUT2D eigenvalue weighted by atomic mass is 10.1. The molecule has 0 bridgehead atoms. The molecule has 1 aliphatic heterocycles. The third kappa shape index (κ3) is 4.68. The van der Waals surface area contributed by atoms with Gasteiger partial charge in [-0.3, -0.25) is 9.59 Å². The van der Waals surface area contributed by atoms with Gasteiger partial charge in [0.15, 0.2) is 11.5 Å². The Morgan fingerprint density at radius 3 is 2.70 bits per heavy atom. The van der Waals surface area contributed by atoms with E-state index in [4.69, 9.17) is 9.47 Å². The molecule has 1 N–H and O–H groups in total. The molecule has 1 aromatic heterocycles. The van der Waals surface area contributed by atoms with Crippen LogP contribution >= 0.6 is 0 Å². The quantitative estimate of drug-likeness (QED) is 0.653. The zero-order chi connectivity index (χ0) is 20.9. The van der Waals surface area contributed by atoms with Gasteiger partial charge in [0.05, 0.1) is 5.69 Å². The van der Waals surface area contributed by atoms with Gasteiger partial charge in [-0.05, 0) is 37.1 Å². The first-order valence-corrected chi connectivity index (χ1v) is 9.89. The van der Waals surface area contributed by atoms with Crippen molar-refractivity contribution < 1.29 is 14.3 Å². The van der Waals surface area contributed by atoms with Gasteiger partial charge in [-0.2, -0.15) is 5.10 Å². The number of nitrogens with one attached hydrogen (secondary N) is 1. The van der Waals surface area contributed by atoms with Crippen LogP contribution in [0.2, 0.25) is 0 Å². The number of fused-ring (bicyclic) bond motifs is 1. The topological polar surface area (TPSA) is 82.5 Å². The maximum absolute atomic E-state index is 12.2. The number of ether oxygens (including phenoxy) is 2. The molecule has 0 fully saturated rings. The molecule has 0 aliphatic carbocycles. The van der Waals surface area contributed by atoms with Crippen molar-refractivity contribution in [2.75, 3.05) is 6.79 Å². The van der Waals surface area contributed by atoms with Crippen LogP contribution in [0.25, 0.3) is 11.3 Å². The number of nitrogens with zero attached hydrogens (tertiary/aromatic N) is 2. The maximum Gasteiger partial charge on any atom is 0.266 e. The van der Waals surface area contributed by atoms with Gasteiger partial charge >= 0.3 is 0 Å². The second-order valence-corrected chi connectivity index (χ2v) is 7.21. The minimum absolute atomic E-state index is 0.0737. The van der Waals surface area contributed by atoms with Crippen molar-refractivity contribution in [3.63, 3.8) is 0 Å². The molecule has 4 rings (SSSR count). The summed E-state index contributed by atoms with van der Waals surface area (Å²) in [5.74, 6) is 1.34. The van der Waals surface area contributed by atoms with Crippen molar-refractivity contribution in [1.29, 1.82) is 0 Å². The fraction of sp³-hybridized carbons (Fsp3) is 0.261. The van der Waals surface area contributed by atoms with Gasteiger partial charge in [0.25, 0.3) is 5.56 Å². The van der Waals surface area contributed by atoms with Gasteiger partial charge in [-0.25, -0.2) is 4.68 Å². The molecule has 7 nitrogen and oxygen atoms in total. The minimum atomic E-state index is -0.174. The smallest absolute Gasteiger partial charge is 0.266 e. The predicted molar refractivity (Wildman–Crippen MR) is 112 cm³/mol. The number of hydrogen-bond donors (Lipinski definition) is 1. The Balaban J connectivity index is 1.29. The zero-order valence-electron chi connectivity index (χ0n) is 16.8. The Morgan fingerprint density at radius 2 is 1.87 bits per heavy atom. The molecule has 0 radical (unpaired) electrons. The Hall–Kier alpha value is -3.61. The van der Waals surface area contributed by atoms with Gasteiger partial charge < -0.3 is 14.8 Å². The molecule has 0 saturated carbocycles. The number of benzene rings is 2. The van der Waals surface area contributed by atoms with Crippen molar-refractivity contribution >= 4 is 5.91 Å². The van der Waals surface area contributed by atoms with Crippen molar-refractivity contribution in [2.45, 2.75) is 32.9 Å². The van der Waals surface area contributed by atoms with Gasteiger partial charge in [0.1, 0.15) is 0 Å². The summed E-state index contributed by atoms with van der Waals surface area (Å²) in [5.41, 5.74) is 3.62. The Labute approximate surface area is 174 Å². The molecule has 7 heteroatoms. The summed E-state index contributed by atoms with van der Waals surface area (Å²) in [6.45, 7) is 3.05. The Morgan fingerprint density at radius 1 is 1.07 bits per heavy atom. The second kappa shape index (κ2) is 8.82. The molecule has 1 amide bonds. The number of hydrogen-bond acceptors (Lipinski definition) is 5. The largest absolute Gasteiger partial charge is 0.454 e. The van der Waals surface area contributed by atoms with E-state index in [0.717, 1.165) is 22.6 Å². The van der Waals surface area contributed by atoms with Gasteiger partial charge in [-0.1, -0.05) is 35.9 Å². The van der Waals surface area contributed by atoms with E-state index >= 15 is 0 Å². The lowest BCUT2D eigenvalue weighted by molar-refractivity contribution is -0.121. The molecule has 0 saturated heterocycles. The van der Waals surface area contributed by atoms with E-state index in [1.807, 2.05) is 49.4 Å². The van der Waals surface area contributed by atoms with Crippen molar-refractivity contribution in [3.05, 3.63) is 76.1 Å². The van der Waals surface area contributed by atoms with Crippen LogP contribution in [0.15, 0.2) is 59.4 Å². The van der Waals surface area contributed by atoms with Gasteiger partial charge in [0, 0.05) is 31.1 Å². The van der Waals surface area contributed by atoms with Crippen LogP contribution < -0.4 is 20.3 Å². The van der Waals surface area contributed by atoms with Gasteiger partial charge in [0.2, 0.25) is 12.7 Å². The highest BCUT2D eigenvalue weighted by atomic mass is 16.7. The zero-order valence-corrected chi connectivity index (χ0v) is 16.8. The summed E-state index contributed by atoms with van der Waals surface area (Å²) in [6.07, 6.45) is 0.838. The molecular formula is C23H23N3O4. The molecule has 30 heavy (non-hydrogen) atoms. The van der Waals surface area contributed by atoms with E-state index in [9.17, 15) is 9.59 Å². The van der Waals surface area contributed by atoms with E-state index in [-0.39, 0.29) is 18.3 Å². The summed E-state index contributed by atoms with van der Waals surface area (Å²) in [7, 11) is 0. The average Bonchev–Trinajstić information content (AvgIpc) is 3.22. The number of aryl methyl sites for hydroxylation is 2. The molecule has 1 aliphatic rings. The molecule has 0 spiro atoms. The van der Waals surface area contributed by atoms with E-state index < -0.39 is 0 Å². The number of rotatable bonds is 7. The van der Waals surface area contributed by atoms with E-state index in [2.05, 4.69) is 10.4 Å². The normalized spacial score (nSPS) is 12.0. The standard InChI is InChI=1S/C23H23N3O4/c1-16-4-7-18(8-5-16)19-9-11-23(28)26(25-19)12-2-3-22(27)24-14-17-6-10-20-21(13-17)30-15-29-20/h4-11,13H,2-3,12,14-15H2,1H3,(H,24,27). The molecule has 3 aromatic rings. The van der Waals surface area contributed by atoms with E-state index in [0.29, 0.717) is 31.7 Å². The SMILES string of the molecule is Cc1ccc(-c2ccc(=O)n(CCCC(=O)NCc3ccc4c(c3)OCO4)n2)cc1. The summed E-state index contributed by atoms with van der Waals surface area (Å²) in [6, 6.07) is 16.8. The third-order valence-electron chi connectivity index (χ3n) is 4.91. The lowest BCUT2D eigenvalue weighted by Gasteiger charge is -2.08. The minimum Gasteiger partial charge on any atom is -0.454 e. The highest BCUT2D eigenvalue weighted by molar-refractivity contribution is 5.75. The Kier molecular flexibility index (Phi) is 5.79. The summed E-state index contributed by atoms with van der Waals surface area (Å²) in [5, 5.41) is 7.33. The highest BCUT2D eigenvalue weighted by Gasteiger charge is 2.13. The first-order chi connectivity index (χ1) is 14.6. The number of carbonyl (C=O) groups is 1. The fourth-order valence-electron chi connectivity index (χ4n) is 3.22. The van der Waals surface area contributed by atoms with Crippen molar-refractivity contribution in [3.8, 4) is 22.8 Å². The lowest BCUT2D eigenvalue weighted by Crippen LogP contribution is -2.25. The summed E-state index contributed by atoms with van der Waals surface area (Å²) < 4.78 is 12.0. The summed E-state index contributed by atoms with van der Waals surface area (Å²) in [4.78, 5) is 24.3. The molecule has 2 heterocycles. The number of carbonyl (C=O) groups excluding carboxylic acids is 1. The maximum atomic E-state index is 12.2. The van der Waals surface area contributed by atoms with Crippen molar-refractivity contribution in [1.82, 2.24) is 15.1 Å². The van der Waals surface area contributed by atoms with Gasteiger partial charge in [-0.15, -0.1) is 0 Å². The van der Waals surface area contributed by atoms with Crippen LogP contribution in [0.1, 0.15) is 24.0 Å². The molecule has 0 unspecified atom stereocenters. The fourth-order valence-corrected chi connectivity index (χ4v) is 3.22. The number of amides is 1. The first kappa shape index (κ1) is 19.7. The molecule has 2 aromatic carbocycles.